The van der Waals surface area contributed by atoms with E-state index in [0.717, 1.165) is 13.0 Å². The molecule has 0 bridgehead atoms. The topological polar surface area (TPSA) is 41.5 Å². The van der Waals surface area contributed by atoms with Gasteiger partial charge in [-0.2, -0.15) is 0 Å². The summed E-state index contributed by atoms with van der Waals surface area (Å²) in [5.41, 5.74) is -0.961. The fourth-order valence-electron chi connectivity index (χ4n) is 0.957. The van der Waals surface area contributed by atoms with E-state index in [-0.39, 0.29) is 5.60 Å². The number of ether oxygens (including phenoxy) is 1. The van der Waals surface area contributed by atoms with E-state index >= 15 is 0 Å². The fourth-order valence-corrected chi connectivity index (χ4v) is 0.957. The first-order valence-corrected chi connectivity index (χ1v) is 5.34. The van der Waals surface area contributed by atoms with Gasteiger partial charge in [0.25, 0.3) is 0 Å². The van der Waals surface area contributed by atoms with Gasteiger partial charge in [0.2, 0.25) is 0 Å². The molecule has 1 atom stereocenters. The van der Waals surface area contributed by atoms with Crippen LogP contribution in [0.4, 0.5) is 0 Å². The highest BCUT2D eigenvalue weighted by molar-refractivity contribution is 4.76. The summed E-state index contributed by atoms with van der Waals surface area (Å²) in [5, 5.41) is 13.1. The summed E-state index contributed by atoms with van der Waals surface area (Å²) < 4.78 is 5.53. The van der Waals surface area contributed by atoms with Crippen molar-refractivity contribution in [3.05, 3.63) is 0 Å². The molecule has 0 aliphatic rings. The Morgan fingerprint density at radius 3 is 2.21 bits per heavy atom. The minimum atomic E-state index is -0.775. The van der Waals surface area contributed by atoms with Crippen LogP contribution in [0.3, 0.4) is 0 Å². The van der Waals surface area contributed by atoms with Gasteiger partial charge in [0, 0.05) is 6.54 Å². The Kier molecular flexibility index (Phi) is 5.64. The van der Waals surface area contributed by atoms with Gasteiger partial charge in [-0.1, -0.05) is 6.92 Å². The zero-order chi connectivity index (χ0) is 11.2. The molecule has 0 radical (unpaired) electrons. The van der Waals surface area contributed by atoms with Gasteiger partial charge in [-0.3, -0.25) is 0 Å². The second-order valence-electron chi connectivity index (χ2n) is 5.07. The molecule has 0 rings (SSSR count). The smallest absolute Gasteiger partial charge is 0.0975 e. The Balaban J connectivity index is 3.72. The van der Waals surface area contributed by atoms with Crippen LogP contribution in [0.2, 0.25) is 0 Å². The first-order chi connectivity index (χ1) is 6.27. The van der Waals surface area contributed by atoms with Gasteiger partial charge in [0.05, 0.1) is 17.8 Å². The van der Waals surface area contributed by atoms with E-state index in [1.165, 1.54) is 0 Å². The molecule has 0 aliphatic heterocycles. The summed E-state index contributed by atoms with van der Waals surface area (Å²) in [4.78, 5) is 0. The van der Waals surface area contributed by atoms with E-state index in [0.29, 0.717) is 13.2 Å². The van der Waals surface area contributed by atoms with Crippen molar-refractivity contribution in [3.8, 4) is 0 Å². The van der Waals surface area contributed by atoms with E-state index in [1.54, 1.807) is 6.92 Å². The van der Waals surface area contributed by atoms with Crippen LogP contribution in [-0.2, 0) is 4.74 Å². The predicted octanol–water partition coefficient (Wildman–Crippen LogP) is 1.55. The van der Waals surface area contributed by atoms with Crippen LogP contribution in [0.5, 0.6) is 0 Å². The third kappa shape index (κ3) is 8.48. The van der Waals surface area contributed by atoms with E-state index in [9.17, 15) is 5.11 Å². The SMILES string of the molecule is CCCNCC(C)(O)COC(C)(C)C. The minimum Gasteiger partial charge on any atom is -0.386 e. The second kappa shape index (κ2) is 5.69. The lowest BCUT2D eigenvalue weighted by Crippen LogP contribution is -2.44. The van der Waals surface area contributed by atoms with Crippen LogP contribution >= 0.6 is 0 Å². The van der Waals surface area contributed by atoms with Gasteiger partial charge >= 0.3 is 0 Å². The van der Waals surface area contributed by atoms with Gasteiger partial charge in [0.15, 0.2) is 0 Å². The Bertz CT molecular complexity index is 150. The molecule has 0 fully saturated rings. The number of hydrogen-bond acceptors (Lipinski definition) is 3. The lowest BCUT2D eigenvalue weighted by atomic mass is 10.1. The summed E-state index contributed by atoms with van der Waals surface area (Å²) in [6, 6.07) is 0. The van der Waals surface area contributed by atoms with Gasteiger partial charge < -0.3 is 15.2 Å². The van der Waals surface area contributed by atoms with Crippen LogP contribution < -0.4 is 5.32 Å². The summed E-state index contributed by atoms with van der Waals surface area (Å²) in [6.07, 6.45) is 1.08. The van der Waals surface area contributed by atoms with E-state index in [4.69, 9.17) is 4.74 Å². The maximum Gasteiger partial charge on any atom is 0.0975 e. The second-order valence-corrected chi connectivity index (χ2v) is 5.07. The van der Waals surface area contributed by atoms with Gasteiger partial charge in [-0.05, 0) is 40.7 Å². The van der Waals surface area contributed by atoms with Gasteiger partial charge in [-0.15, -0.1) is 0 Å². The zero-order valence-electron chi connectivity index (χ0n) is 10.2. The molecular formula is C11H25NO2. The summed E-state index contributed by atoms with van der Waals surface area (Å²) in [6.45, 7) is 11.7. The quantitative estimate of drug-likeness (QED) is 0.644. The molecule has 0 aliphatic carbocycles. The average molecular weight is 203 g/mol. The van der Waals surface area contributed by atoms with Crippen molar-refractivity contribution in [2.75, 3.05) is 19.7 Å². The van der Waals surface area contributed by atoms with Crippen molar-refractivity contribution in [2.24, 2.45) is 0 Å². The Labute approximate surface area is 87.8 Å². The van der Waals surface area contributed by atoms with Crippen LogP contribution in [0, 0.1) is 0 Å². The maximum atomic E-state index is 9.92. The molecule has 1 unspecified atom stereocenters. The number of aliphatic hydroxyl groups is 1. The highest BCUT2D eigenvalue weighted by Gasteiger charge is 2.23. The minimum absolute atomic E-state index is 0.186. The predicted molar refractivity (Wildman–Crippen MR) is 59.5 cm³/mol. The molecule has 0 heterocycles. The first-order valence-electron chi connectivity index (χ1n) is 5.34. The van der Waals surface area contributed by atoms with Crippen molar-refractivity contribution < 1.29 is 9.84 Å². The molecule has 3 nitrogen and oxygen atoms in total. The van der Waals surface area contributed by atoms with Crippen LogP contribution in [0.25, 0.3) is 0 Å². The molecule has 0 saturated carbocycles. The number of hydrogen-bond donors (Lipinski definition) is 2. The van der Waals surface area contributed by atoms with Crippen molar-refractivity contribution in [1.82, 2.24) is 5.32 Å². The van der Waals surface area contributed by atoms with E-state index in [1.807, 2.05) is 20.8 Å². The van der Waals surface area contributed by atoms with Gasteiger partial charge in [0.1, 0.15) is 0 Å². The molecule has 2 N–H and O–H groups in total. The fraction of sp³-hybridized carbons (Fsp3) is 1.00. The monoisotopic (exact) mass is 203 g/mol. The molecule has 0 aromatic carbocycles. The van der Waals surface area contributed by atoms with Crippen molar-refractivity contribution >= 4 is 0 Å². The van der Waals surface area contributed by atoms with Crippen LogP contribution in [0.15, 0.2) is 0 Å². The third-order valence-corrected chi connectivity index (χ3v) is 1.75. The lowest BCUT2D eigenvalue weighted by Gasteiger charge is -2.28. The molecule has 3 heteroatoms. The molecule has 14 heavy (non-hydrogen) atoms. The number of rotatable bonds is 6. The Morgan fingerprint density at radius 2 is 1.79 bits per heavy atom. The van der Waals surface area contributed by atoms with Crippen LogP contribution in [0.1, 0.15) is 41.0 Å². The number of nitrogens with one attached hydrogen (secondary N) is 1. The van der Waals surface area contributed by atoms with Crippen molar-refractivity contribution in [2.45, 2.75) is 52.2 Å². The molecule has 0 amide bonds. The molecule has 0 aromatic rings. The molecular weight excluding hydrogens is 178 g/mol. The average Bonchev–Trinajstić information content (AvgIpc) is 2.00. The molecule has 0 saturated heterocycles. The standard InChI is InChI=1S/C11H25NO2/c1-6-7-12-8-11(5,13)9-14-10(2,3)4/h12-13H,6-9H2,1-5H3. The maximum absolute atomic E-state index is 9.92. The highest BCUT2D eigenvalue weighted by Crippen LogP contribution is 2.11. The molecule has 0 aromatic heterocycles. The van der Waals surface area contributed by atoms with Crippen LogP contribution in [-0.4, -0.2) is 36.0 Å². The summed E-state index contributed by atoms with van der Waals surface area (Å²) >= 11 is 0. The summed E-state index contributed by atoms with van der Waals surface area (Å²) in [7, 11) is 0. The Hall–Kier alpha value is -0.120. The van der Waals surface area contributed by atoms with Crippen molar-refractivity contribution in [1.29, 1.82) is 0 Å². The van der Waals surface area contributed by atoms with E-state index < -0.39 is 5.60 Å². The lowest BCUT2D eigenvalue weighted by molar-refractivity contribution is -0.0893. The van der Waals surface area contributed by atoms with Crippen molar-refractivity contribution in [3.63, 3.8) is 0 Å². The van der Waals surface area contributed by atoms with Gasteiger partial charge in [-0.25, -0.2) is 0 Å². The first kappa shape index (κ1) is 13.9. The summed E-state index contributed by atoms with van der Waals surface area (Å²) in [5.74, 6) is 0. The Morgan fingerprint density at radius 1 is 1.21 bits per heavy atom. The largest absolute Gasteiger partial charge is 0.386 e. The zero-order valence-corrected chi connectivity index (χ0v) is 10.2. The normalized spacial score (nSPS) is 16.7. The van der Waals surface area contributed by atoms with E-state index in [2.05, 4.69) is 12.2 Å². The molecule has 86 valence electrons. The highest BCUT2D eigenvalue weighted by atomic mass is 16.5. The third-order valence-electron chi connectivity index (χ3n) is 1.75. The molecule has 0 spiro atoms.